The number of nitriles is 1. The Balaban J connectivity index is 2.49. The van der Waals surface area contributed by atoms with Gasteiger partial charge in [-0.2, -0.15) is 5.26 Å². The fourth-order valence-electron chi connectivity index (χ4n) is 1.62. The average Bonchev–Trinajstić information content (AvgIpc) is 3.20. The van der Waals surface area contributed by atoms with E-state index in [1.165, 1.54) is 12.1 Å². The summed E-state index contributed by atoms with van der Waals surface area (Å²) in [6.45, 7) is 0. The monoisotopic (exact) mass is 297 g/mol. The standard InChI is InChI=1S/C13H9Cl2NO3/c14-9-3-7(4-10(15)13(9)19)12(18)8(5-16)11(17)6-1-2-6/h3-4,6,18-19H,1-2H2/b12-8-. The highest BCUT2D eigenvalue weighted by Gasteiger charge is 2.33. The predicted molar refractivity (Wildman–Crippen MR) is 71.0 cm³/mol. The molecule has 6 heteroatoms. The van der Waals surface area contributed by atoms with Gasteiger partial charge in [0.15, 0.2) is 11.5 Å². The molecule has 2 rings (SSSR count). The second-order valence-corrected chi connectivity index (χ2v) is 5.08. The van der Waals surface area contributed by atoms with E-state index in [-0.39, 0.29) is 38.6 Å². The molecular formula is C13H9Cl2NO3. The first kappa shape index (κ1) is 13.7. The maximum atomic E-state index is 11.8. The summed E-state index contributed by atoms with van der Waals surface area (Å²) >= 11 is 11.5. The van der Waals surface area contributed by atoms with Crippen molar-refractivity contribution in [2.45, 2.75) is 12.8 Å². The molecule has 1 saturated carbocycles. The van der Waals surface area contributed by atoms with Crippen LogP contribution in [0.3, 0.4) is 0 Å². The Morgan fingerprint density at radius 1 is 1.32 bits per heavy atom. The number of allylic oxidation sites excluding steroid dienone is 1. The number of phenols is 1. The van der Waals surface area contributed by atoms with Crippen LogP contribution in [-0.4, -0.2) is 16.0 Å². The second kappa shape index (κ2) is 5.12. The third-order valence-corrected chi connectivity index (χ3v) is 3.41. The van der Waals surface area contributed by atoms with Crippen molar-refractivity contribution in [3.8, 4) is 11.8 Å². The molecule has 0 aromatic heterocycles. The first-order valence-corrected chi connectivity index (χ1v) is 6.27. The number of ketones is 1. The Morgan fingerprint density at radius 3 is 2.26 bits per heavy atom. The Bertz CT molecular complexity index is 604. The Hall–Kier alpha value is -1.70. The highest BCUT2D eigenvalue weighted by Crippen LogP contribution is 2.37. The molecule has 1 aliphatic carbocycles. The molecule has 0 saturated heterocycles. The maximum Gasteiger partial charge on any atom is 0.180 e. The molecule has 0 aliphatic heterocycles. The lowest BCUT2D eigenvalue weighted by atomic mass is 10.0. The molecule has 4 nitrogen and oxygen atoms in total. The van der Waals surface area contributed by atoms with E-state index >= 15 is 0 Å². The molecule has 1 aromatic rings. The minimum atomic E-state index is -0.469. The predicted octanol–water partition coefficient (Wildman–Crippen LogP) is 3.47. The SMILES string of the molecule is N#C/C(C(=O)C1CC1)=C(/O)c1cc(Cl)c(O)c(Cl)c1. The van der Waals surface area contributed by atoms with E-state index in [9.17, 15) is 15.0 Å². The van der Waals surface area contributed by atoms with Crippen molar-refractivity contribution in [2.75, 3.05) is 0 Å². The molecular weight excluding hydrogens is 289 g/mol. The van der Waals surface area contributed by atoms with E-state index in [0.717, 1.165) is 12.8 Å². The topological polar surface area (TPSA) is 81.3 Å². The van der Waals surface area contributed by atoms with Crippen LogP contribution in [0.5, 0.6) is 5.75 Å². The lowest BCUT2D eigenvalue weighted by Gasteiger charge is -2.06. The van der Waals surface area contributed by atoms with Crippen LogP contribution in [0.4, 0.5) is 0 Å². The van der Waals surface area contributed by atoms with E-state index < -0.39 is 5.76 Å². The van der Waals surface area contributed by atoms with Gasteiger partial charge in [0.05, 0.1) is 10.0 Å². The van der Waals surface area contributed by atoms with Crippen molar-refractivity contribution >= 4 is 34.7 Å². The third-order valence-electron chi connectivity index (χ3n) is 2.83. The van der Waals surface area contributed by atoms with E-state index in [1.807, 2.05) is 0 Å². The van der Waals surface area contributed by atoms with Crippen molar-refractivity contribution in [2.24, 2.45) is 5.92 Å². The van der Waals surface area contributed by atoms with E-state index in [2.05, 4.69) is 0 Å². The number of hydrogen-bond donors (Lipinski definition) is 2. The number of carbonyl (C=O) groups is 1. The maximum absolute atomic E-state index is 11.8. The van der Waals surface area contributed by atoms with Crippen LogP contribution in [0.2, 0.25) is 10.0 Å². The summed E-state index contributed by atoms with van der Waals surface area (Å²) < 4.78 is 0. The summed E-state index contributed by atoms with van der Waals surface area (Å²) in [6.07, 6.45) is 1.46. The summed E-state index contributed by atoms with van der Waals surface area (Å²) in [6, 6.07) is 4.20. The lowest BCUT2D eigenvalue weighted by Crippen LogP contribution is -2.06. The Morgan fingerprint density at radius 2 is 1.84 bits per heavy atom. The molecule has 0 radical (unpaired) electrons. The van der Waals surface area contributed by atoms with Crippen LogP contribution >= 0.6 is 23.2 Å². The number of nitrogens with zero attached hydrogens (tertiary/aromatic N) is 1. The lowest BCUT2D eigenvalue weighted by molar-refractivity contribution is -0.116. The van der Waals surface area contributed by atoms with Gasteiger partial charge in [0.2, 0.25) is 0 Å². The van der Waals surface area contributed by atoms with Crippen molar-refractivity contribution in [1.29, 1.82) is 5.26 Å². The van der Waals surface area contributed by atoms with Crippen LogP contribution in [-0.2, 0) is 4.79 Å². The van der Waals surface area contributed by atoms with E-state index in [1.54, 1.807) is 6.07 Å². The number of rotatable bonds is 3. The van der Waals surface area contributed by atoms with Gasteiger partial charge in [-0.1, -0.05) is 23.2 Å². The zero-order valence-electron chi connectivity index (χ0n) is 9.65. The largest absolute Gasteiger partial charge is 0.506 e. The molecule has 98 valence electrons. The molecule has 1 aliphatic rings. The van der Waals surface area contributed by atoms with Gasteiger partial charge in [-0.05, 0) is 25.0 Å². The minimum Gasteiger partial charge on any atom is -0.506 e. The second-order valence-electron chi connectivity index (χ2n) is 4.26. The number of benzene rings is 1. The quantitative estimate of drug-likeness (QED) is 0.508. The van der Waals surface area contributed by atoms with Crippen molar-refractivity contribution in [3.05, 3.63) is 33.3 Å². The highest BCUT2D eigenvalue weighted by atomic mass is 35.5. The first-order chi connectivity index (χ1) is 8.95. The number of Topliss-reactive ketones (excluding diaryl/α,β-unsaturated/α-hetero) is 1. The van der Waals surface area contributed by atoms with E-state index in [4.69, 9.17) is 28.5 Å². The van der Waals surface area contributed by atoms with Crippen LogP contribution in [0.25, 0.3) is 5.76 Å². The van der Waals surface area contributed by atoms with Gasteiger partial charge in [0.1, 0.15) is 17.4 Å². The van der Waals surface area contributed by atoms with Crippen LogP contribution in [0, 0.1) is 17.2 Å². The van der Waals surface area contributed by atoms with Crippen molar-refractivity contribution in [1.82, 2.24) is 0 Å². The molecule has 19 heavy (non-hydrogen) atoms. The number of aliphatic hydroxyl groups is 1. The number of halogens is 2. The zero-order valence-corrected chi connectivity index (χ0v) is 11.2. The number of aromatic hydroxyl groups is 1. The Kier molecular flexibility index (Phi) is 3.70. The highest BCUT2D eigenvalue weighted by molar-refractivity contribution is 6.37. The number of phenolic OH excluding ortho intramolecular Hbond substituents is 1. The summed E-state index contributed by atoms with van der Waals surface area (Å²) in [7, 11) is 0. The van der Waals surface area contributed by atoms with Gasteiger partial charge in [-0.25, -0.2) is 0 Å². The molecule has 0 atom stereocenters. The van der Waals surface area contributed by atoms with Crippen molar-refractivity contribution < 1.29 is 15.0 Å². The summed E-state index contributed by atoms with van der Waals surface area (Å²) in [5.41, 5.74) is -0.182. The van der Waals surface area contributed by atoms with Crippen molar-refractivity contribution in [3.63, 3.8) is 0 Å². The van der Waals surface area contributed by atoms with Gasteiger partial charge in [-0.3, -0.25) is 4.79 Å². The van der Waals surface area contributed by atoms with Gasteiger partial charge in [0, 0.05) is 11.5 Å². The zero-order chi connectivity index (χ0) is 14.2. The molecule has 0 spiro atoms. The minimum absolute atomic E-state index is 0.0646. The molecule has 0 bridgehead atoms. The third kappa shape index (κ3) is 2.67. The summed E-state index contributed by atoms with van der Waals surface area (Å²) in [4.78, 5) is 11.8. The molecule has 0 amide bonds. The first-order valence-electron chi connectivity index (χ1n) is 5.51. The average molecular weight is 298 g/mol. The molecule has 2 N–H and O–H groups in total. The molecule has 1 fully saturated rings. The summed E-state index contributed by atoms with van der Waals surface area (Å²) in [5.74, 6) is -1.34. The Labute approximate surface area is 119 Å². The van der Waals surface area contributed by atoms with Crippen LogP contribution < -0.4 is 0 Å². The van der Waals surface area contributed by atoms with Gasteiger partial charge in [-0.15, -0.1) is 0 Å². The number of aliphatic hydroxyl groups excluding tert-OH is 1. The molecule has 1 aromatic carbocycles. The van der Waals surface area contributed by atoms with E-state index in [0.29, 0.717) is 0 Å². The number of hydrogen-bond acceptors (Lipinski definition) is 4. The molecule has 0 unspecified atom stereocenters. The number of carbonyl (C=O) groups excluding carboxylic acids is 1. The smallest absolute Gasteiger partial charge is 0.180 e. The normalized spacial score (nSPS) is 15.6. The van der Waals surface area contributed by atoms with Gasteiger partial charge < -0.3 is 10.2 Å². The fourth-order valence-corrected chi connectivity index (χ4v) is 2.11. The fraction of sp³-hybridized carbons (Fsp3) is 0.231. The van der Waals surface area contributed by atoms with Crippen LogP contribution in [0.1, 0.15) is 18.4 Å². The molecule has 0 heterocycles. The summed E-state index contributed by atoms with van der Waals surface area (Å²) in [5, 5.41) is 28.3. The van der Waals surface area contributed by atoms with Gasteiger partial charge in [0.25, 0.3) is 0 Å². The van der Waals surface area contributed by atoms with Gasteiger partial charge >= 0.3 is 0 Å². The van der Waals surface area contributed by atoms with Crippen LogP contribution in [0.15, 0.2) is 17.7 Å².